The number of hydrogen-bond donors (Lipinski definition) is 2. The summed E-state index contributed by atoms with van der Waals surface area (Å²) in [6, 6.07) is 14.2. The number of nitrogens with two attached hydrogens (primary N) is 1. The molecule has 0 bridgehead atoms. The first kappa shape index (κ1) is 26.1. The molecular formula is C28H36FN3O4. The fourth-order valence-corrected chi connectivity index (χ4v) is 5.08. The van der Waals surface area contributed by atoms with Crippen molar-refractivity contribution in [1.29, 1.82) is 0 Å². The molecule has 2 aromatic rings. The van der Waals surface area contributed by atoms with Crippen LogP contribution in [-0.2, 0) is 4.79 Å². The smallest absolute Gasteiger partial charge is 0.254 e. The maximum Gasteiger partial charge on any atom is 0.254 e. The van der Waals surface area contributed by atoms with E-state index in [1.165, 1.54) is 4.90 Å². The number of alkyl halides is 1. The summed E-state index contributed by atoms with van der Waals surface area (Å²) in [5.41, 5.74) is 6.63. The number of halogens is 1. The molecule has 0 aliphatic carbocycles. The number of piperidine rings is 1. The highest BCUT2D eigenvalue weighted by molar-refractivity contribution is 5.98. The Kier molecular flexibility index (Phi) is 7.95. The van der Waals surface area contributed by atoms with Crippen molar-refractivity contribution in [3.05, 3.63) is 54.1 Å². The lowest BCUT2D eigenvalue weighted by atomic mass is 9.97. The first-order chi connectivity index (χ1) is 17.1. The number of carbonyl (C=O) groups is 2. The second kappa shape index (κ2) is 11.0. The van der Waals surface area contributed by atoms with Crippen LogP contribution in [0.5, 0.6) is 5.75 Å². The molecule has 2 aliphatic rings. The summed E-state index contributed by atoms with van der Waals surface area (Å²) < 4.78 is 19.9. The van der Waals surface area contributed by atoms with Crippen LogP contribution in [0.4, 0.5) is 4.39 Å². The van der Waals surface area contributed by atoms with Gasteiger partial charge in [-0.3, -0.25) is 9.59 Å². The molecule has 2 amide bonds. The maximum atomic E-state index is 13.9. The lowest BCUT2D eigenvalue weighted by Crippen LogP contribution is -2.43. The summed E-state index contributed by atoms with van der Waals surface area (Å²) in [6.45, 7) is 6.29. The summed E-state index contributed by atoms with van der Waals surface area (Å²) in [5, 5.41) is 9.86. The minimum atomic E-state index is -1.16. The third-order valence-corrected chi connectivity index (χ3v) is 6.98. The second-order valence-electron chi connectivity index (χ2n) is 10.6. The Bertz CT molecular complexity index is 1040. The normalized spacial score (nSPS) is 21.5. The van der Waals surface area contributed by atoms with Crippen molar-refractivity contribution in [1.82, 2.24) is 9.80 Å². The highest BCUT2D eigenvalue weighted by Gasteiger charge is 2.38. The Morgan fingerprint density at radius 3 is 2.19 bits per heavy atom. The maximum absolute atomic E-state index is 13.9. The van der Waals surface area contributed by atoms with Crippen molar-refractivity contribution < 1.29 is 23.8 Å². The zero-order valence-electron chi connectivity index (χ0n) is 21.0. The Morgan fingerprint density at radius 1 is 1.06 bits per heavy atom. The van der Waals surface area contributed by atoms with E-state index in [0.717, 1.165) is 42.8 Å². The predicted molar refractivity (Wildman–Crippen MR) is 136 cm³/mol. The van der Waals surface area contributed by atoms with Gasteiger partial charge in [0.05, 0.1) is 12.7 Å². The standard InChI is InChI=1S/C28H36FN3O4/c1-28(2,29)18-31-13-11-19(12-14-31)17-36-24-9-7-21(8-10-24)20-3-5-22(6-4-20)27(35)32-16-23(33)15-25(32)26(30)34/h3-10,19,23,25,33H,11-18H2,1-2H3,(H2,30,34). The third-order valence-electron chi connectivity index (χ3n) is 6.98. The van der Waals surface area contributed by atoms with E-state index in [0.29, 0.717) is 24.6 Å². The van der Waals surface area contributed by atoms with Crippen LogP contribution in [0.1, 0.15) is 43.5 Å². The summed E-state index contributed by atoms with van der Waals surface area (Å²) in [6.07, 6.45) is 1.45. The molecule has 0 spiro atoms. The zero-order chi connectivity index (χ0) is 25.9. The fourth-order valence-electron chi connectivity index (χ4n) is 5.08. The number of primary amides is 1. The van der Waals surface area contributed by atoms with Crippen LogP contribution >= 0.6 is 0 Å². The van der Waals surface area contributed by atoms with Gasteiger partial charge in [0.2, 0.25) is 5.91 Å². The first-order valence-corrected chi connectivity index (χ1v) is 12.6. The van der Waals surface area contributed by atoms with Gasteiger partial charge in [-0.1, -0.05) is 24.3 Å². The molecule has 36 heavy (non-hydrogen) atoms. The van der Waals surface area contributed by atoms with Crippen LogP contribution in [0, 0.1) is 5.92 Å². The molecule has 194 valence electrons. The van der Waals surface area contributed by atoms with Crippen molar-refractivity contribution in [3.8, 4) is 16.9 Å². The molecule has 2 unspecified atom stereocenters. The monoisotopic (exact) mass is 497 g/mol. The molecule has 0 saturated carbocycles. The quantitative estimate of drug-likeness (QED) is 0.584. The van der Waals surface area contributed by atoms with Crippen LogP contribution in [0.15, 0.2) is 48.5 Å². The van der Waals surface area contributed by atoms with Crippen LogP contribution in [0.2, 0.25) is 0 Å². The van der Waals surface area contributed by atoms with Crippen molar-refractivity contribution >= 4 is 11.8 Å². The number of amides is 2. The van der Waals surface area contributed by atoms with E-state index in [1.54, 1.807) is 26.0 Å². The Labute approximate surface area is 212 Å². The van der Waals surface area contributed by atoms with E-state index < -0.39 is 23.7 Å². The average Bonchev–Trinajstić information content (AvgIpc) is 3.25. The van der Waals surface area contributed by atoms with Gasteiger partial charge in [-0.25, -0.2) is 4.39 Å². The van der Waals surface area contributed by atoms with Crippen LogP contribution in [0.3, 0.4) is 0 Å². The number of likely N-dealkylation sites (tertiary alicyclic amines) is 2. The SMILES string of the molecule is CC(C)(F)CN1CCC(COc2ccc(-c3ccc(C(=O)N4CC(O)CC4C(N)=O)cc3)cc2)CC1. The van der Waals surface area contributed by atoms with E-state index in [9.17, 15) is 19.1 Å². The van der Waals surface area contributed by atoms with Gasteiger partial charge in [0.1, 0.15) is 17.5 Å². The number of carbonyl (C=O) groups excluding carboxylic acids is 2. The lowest BCUT2D eigenvalue weighted by molar-refractivity contribution is -0.121. The largest absolute Gasteiger partial charge is 0.493 e. The van der Waals surface area contributed by atoms with Gasteiger partial charge in [0.25, 0.3) is 5.91 Å². The average molecular weight is 498 g/mol. The lowest BCUT2D eigenvalue weighted by Gasteiger charge is -2.34. The second-order valence-corrected chi connectivity index (χ2v) is 10.6. The number of aliphatic hydroxyl groups excluding tert-OH is 1. The Morgan fingerprint density at radius 2 is 1.64 bits per heavy atom. The molecule has 2 heterocycles. The van der Waals surface area contributed by atoms with Gasteiger partial charge in [0.15, 0.2) is 0 Å². The molecule has 2 fully saturated rings. The van der Waals surface area contributed by atoms with Gasteiger partial charge < -0.3 is 25.4 Å². The molecular weight excluding hydrogens is 461 g/mol. The van der Waals surface area contributed by atoms with E-state index in [-0.39, 0.29) is 18.9 Å². The van der Waals surface area contributed by atoms with E-state index in [4.69, 9.17) is 10.5 Å². The molecule has 2 aromatic carbocycles. The van der Waals surface area contributed by atoms with Gasteiger partial charge in [-0.2, -0.15) is 0 Å². The number of ether oxygens (including phenoxy) is 1. The minimum absolute atomic E-state index is 0.102. The highest BCUT2D eigenvalue weighted by Crippen LogP contribution is 2.26. The number of nitrogens with zero attached hydrogens (tertiary/aromatic N) is 2. The van der Waals surface area contributed by atoms with Crippen LogP contribution in [-0.4, -0.2) is 77.3 Å². The van der Waals surface area contributed by atoms with Crippen molar-refractivity contribution in [2.75, 3.05) is 32.8 Å². The van der Waals surface area contributed by atoms with Crippen LogP contribution in [0.25, 0.3) is 11.1 Å². The Hall–Kier alpha value is -2.97. The summed E-state index contributed by atoms with van der Waals surface area (Å²) >= 11 is 0. The number of benzene rings is 2. The fraction of sp³-hybridized carbons (Fsp3) is 0.500. The van der Waals surface area contributed by atoms with E-state index in [1.807, 2.05) is 36.4 Å². The molecule has 2 saturated heterocycles. The van der Waals surface area contributed by atoms with Crippen molar-refractivity contribution in [3.63, 3.8) is 0 Å². The predicted octanol–water partition coefficient (Wildman–Crippen LogP) is 3.25. The van der Waals surface area contributed by atoms with Gasteiger partial charge in [0, 0.05) is 25.1 Å². The number of aliphatic hydroxyl groups is 1. The zero-order valence-corrected chi connectivity index (χ0v) is 21.0. The molecule has 0 aromatic heterocycles. The Balaban J connectivity index is 1.29. The molecule has 3 N–H and O–H groups in total. The molecule has 2 aliphatic heterocycles. The molecule has 2 atom stereocenters. The molecule has 4 rings (SSSR count). The topological polar surface area (TPSA) is 96.1 Å². The molecule has 0 radical (unpaired) electrons. The van der Waals surface area contributed by atoms with Crippen LogP contribution < -0.4 is 10.5 Å². The van der Waals surface area contributed by atoms with Gasteiger partial charge >= 0.3 is 0 Å². The van der Waals surface area contributed by atoms with E-state index >= 15 is 0 Å². The van der Waals surface area contributed by atoms with E-state index in [2.05, 4.69) is 4.90 Å². The van der Waals surface area contributed by atoms with Gasteiger partial charge in [-0.15, -0.1) is 0 Å². The van der Waals surface area contributed by atoms with Gasteiger partial charge in [-0.05, 0) is 81.1 Å². The summed E-state index contributed by atoms with van der Waals surface area (Å²) in [5.74, 6) is 0.359. The number of hydrogen-bond acceptors (Lipinski definition) is 5. The molecule has 8 heteroatoms. The summed E-state index contributed by atoms with van der Waals surface area (Å²) in [4.78, 5) is 28.0. The first-order valence-electron chi connectivity index (χ1n) is 12.6. The summed E-state index contributed by atoms with van der Waals surface area (Å²) in [7, 11) is 0. The van der Waals surface area contributed by atoms with Crippen molar-refractivity contribution in [2.45, 2.75) is 50.9 Å². The van der Waals surface area contributed by atoms with Crippen molar-refractivity contribution in [2.24, 2.45) is 11.7 Å². The minimum Gasteiger partial charge on any atom is -0.493 e. The number of rotatable bonds is 8. The third kappa shape index (κ3) is 6.62. The molecule has 7 nitrogen and oxygen atoms in total. The highest BCUT2D eigenvalue weighted by atomic mass is 19.1. The number of β-amino-alcohol motifs (C(OH)–C–C–N with tert-alkyl or cyclic N) is 1.